The van der Waals surface area contributed by atoms with Gasteiger partial charge in [-0.3, -0.25) is 9.98 Å². The molecule has 0 unspecified atom stereocenters. The molecule has 2 aliphatic rings. The van der Waals surface area contributed by atoms with Crippen molar-refractivity contribution >= 4 is 32.6 Å². The summed E-state index contributed by atoms with van der Waals surface area (Å²) in [6.45, 7) is 0. The number of aromatic nitrogens is 1. The van der Waals surface area contributed by atoms with Gasteiger partial charge in [0.15, 0.2) is 0 Å². The van der Waals surface area contributed by atoms with Gasteiger partial charge in [0.25, 0.3) is 0 Å². The van der Waals surface area contributed by atoms with E-state index in [9.17, 15) is 0 Å². The van der Waals surface area contributed by atoms with E-state index in [0.717, 1.165) is 0 Å². The molecule has 0 amide bonds. The summed E-state index contributed by atoms with van der Waals surface area (Å²) < 4.78 is 2.21. The normalized spacial score (nSPS) is 20.3. The molecule has 0 radical (unpaired) electrons. The molecule has 0 N–H and O–H groups in total. The molecule has 0 aromatic carbocycles. The Hall–Kier alpha value is -0.281. The van der Waals surface area contributed by atoms with Crippen molar-refractivity contribution in [2.24, 2.45) is 17.0 Å². The van der Waals surface area contributed by atoms with E-state index in [1.54, 1.807) is 0 Å². The van der Waals surface area contributed by atoms with Gasteiger partial charge < -0.3 is 4.57 Å². The topological polar surface area (TPSA) is 29.6 Å². The quantitative estimate of drug-likeness (QED) is 0.424. The first-order valence-electron chi connectivity index (χ1n) is 9.32. The Morgan fingerprint density at radius 3 is 1.56 bits per heavy atom. The molecule has 0 spiro atoms. The van der Waals surface area contributed by atoms with Crippen LogP contribution in [0.4, 0.5) is 0 Å². The van der Waals surface area contributed by atoms with Crippen molar-refractivity contribution in [1.29, 1.82) is 0 Å². The Balaban J connectivity index is 0.000000701. The maximum atomic E-state index is 4.79. The average molecular weight is 426 g/mol. The molecule has 25 heavy (non-hydrogen) atoms. The van der Waals surface area contributed by atoms with Gasteiger partial charge >= 0.3 is 33.3 Å². The van der Waals surface area contributed by atoms with Crippen LogP contribution in [0.2, 0.25) is 0 Å². The summed E-state index contributed by atoms with van der Waals surface area (Å²) >= 11 is 0.194. The fourth-order valence-corrected chi connectivity index (χ4v) is 3.63. The van der Waals surface area contributed by atoms with Crippen LogP contribution < -0.4 is 0 Å². The molecule has 2 fully saturated rings. The predicted molar refractivity (Wildman–Crippen MR) is 106 cm³/mol. The molecular weight excluding hydrogens is 397 g/mol. The van der Waals surface area contributed by atoms with Crippen molar-refractivity contribution in [1.82, 2.24) is 4.57 Å². The van der Waals surface area contributed by atoms with Crippen LogP contribution in [0.25, 0.3) is 0 Å². The molecule has 3 rings (SSSR count). The van der Waals surface area contributed by atoms with Crippen LogP contribution >= 0.6 is 20.2 Å². The number of nitrogens with zero attached hydrogens (tertiary/aromatic N) is 3. The van der Waals surface area contributed by atoms with Gasteiger partial charge in [-0.2, -0.15) is 0 Å². The van der Waals surface area contributed by atoms with Crippen LogP contribution in [0.1, 0.15) is 75.6 Å². The average Bonchev–Trinajstić information content (AvgIpc) is 3.00. The van der Waals surface area contributed by atoms with Gasteiger partial charge in [-0.1, -0.05) is 38.5 Å². The van der Waals surface area contributed by atoms with Crippen LogP contribution in [0.5, 0.6) is 0 Å². The molecule has 0 bridgehead atoms. The van der Waals surface area contributed by atoms with E-state index in [4.69, 9.17) is 30.2 Å². The van der Waals surface area contributed by atoms with Crippen LogP contribution in [0, 0.1) is 0 Å². The number of halogens is 2. The zero-order valence-electron chi connectivity index (χ0n) is 15.0. The fourth-order valence-electron chi connectivity index (χ4n) is 3.63. The molecule has 0 atom stereocenters. The third-order valence-electron chi connectivity index (χ3n) is 5.18. The van der Waals surface area contributed by atoms with Crippen LogP contribution in [-0.4, -0.2) is 29.1 Å². The Morgan fingerprint density at radius 1 is 0.840 bits per heavy atom. The second-order valence-electron chi connectivity index (χ2n) is 6.93. The first kappa shape index (κ1) is 21.0. The molecule has 0 aliphatic heterocycles. The van der Waals surface area contributed by atoms with Gasteiger partial charge in [0.1, 0.15) is 0 Å². The van der Waals surface area contributed by atoms with E-state index in [2.05, 4.69) is 36.2 Å². The van der Waals surface area contributed by atoms with Gasteiger partial charge in [0.05, 0.1) is 23.5 Å². The summed E-state index contributed by atoms with van der Waals surface area (Å²) in [5, 5.41) is 0. The molecule has 1 heterocycles. The number of hydrogen-bond acceptors (Lipinski definition) is 2. The monoisotopic (exact) mass is 425 g/mol. The van der Waals surface area contributed by atoms with Gasteiger partial charge in [0.2, 0.25) is 0 Å². The fraction of sp³-hybridized carbons (Fsp3) is 0.684. The first-order valence-corrected chi connectivity index (χ1v) is 12.4. The molecular formula is C19H29Cl2FeN3. The van der Waals surface area contributed by atoms with E-state index in [1.165, 1.54) is 75.6 Å². The zero-order valence-corrected chi connectivity index (χ0v) is 17.6. The Morgan fingerprint density at radius 2 is 1.20 bits per heavy atom. The molecule has 2 aliphatic carbocycles. The van der Waals surface area contributed by atoms with Crippen molar-refractivity contribution in [3.8, 4) is 0 Å². The van der Waals surface area contributed by atoms with Crippen molar-refractivity contribution in [2.45, 2.75) is 76.3 Å². The summed E-state index contributed by atoms with van der Waals surface area (Å²) in [5.74, 6) is 0. The van der Waals surface area contributed by atoms with Gasteiger partial charge in [-0.25, -0.2) is 0 Å². The van der Waals surface area contributed by atoms with Crippen molar-refractivity contribution in [3.63, 3.8) is 0 Å². The molecule has 1 aromatic heterocycles. The van der Waals surface area contributed by atoms with Crippen LogP contribution in [0.3, 0.4) is 0 Å². The van der Waals surface area contributed by atoms with Gasteiger partial charge in [-0.15, -0.1) is 0 Å². The number of aliphatic imine (C=N–C) groups is 2. The van der Waals surface area contributed by atoms with Crippen LogP contribution in [0.15, 0.2) is 22.1 Å². The summed E-state index contributed by atoms with van der Waals surface area (Å²) in [4.78, 5) is 9.57. The zero-order chi connectivity index (χ0) is 17.9. The molecule has 3 nitrogen and oxygen atoms in total. The Bertz CT molecular complexity index is 499. The summed E-state index contributed by atoms with van der Waals surface area (Å²) in [6, 6.07) is 5.41. The molecule has 6 heteroatoms. The van der Waals surface area contributed by atoms with Gasteiger partial charge in [0, 0.05) is 19.5 Å². The minimum absolute atomic E-state index is 0.194. The second-order valence-corrected chi connectivity index (χ2v) is 8.76. The van der Waals surface area contributed by atoms with E-state index >= 15 is 0 Å². The predicted octanol–water partition coefficient (Wildman–Crippen LogP) is 5.90. The molecule has 142 valence electrons. The van der Waals surface area contributed by atoms with E-state index in [0.29, 0.717) is 12.1 Å². The second kappa shape index (κ2) is 12.2. The van der Waals surface area contributed by atoms with Crippen molar-refractivity contribution < 1.29 is 13.1 Å². The standard InChI is InChI=1S/C19H29N3.2ClH.Fe/c1-22-18(14-20-16-8-4-2-5-9-16)12-13-19(22)15-21-17-10-6-3-7-11-17;;;/h12-17H,2-11H2,1H3;2*1H;/q;;;+2/p-2. The molecule has 2 saturated carbocycles. The Labute approximate surface area is 166 Å². The van der Waals surface area contributed by atoms with E-state index in [-0.39, 0.29) is 13.1 Å². The summed E-state index contributed by atoms with van der Waals surface area (Å²) in [5.41, 5.74) is 2.38. The van der Waals surface area contributed by atoms with Crippen molar-refractivity contribution in [3.05, 3.63) is 23.5 Å². The first-order chi connectivity index (χ1) is 12.2. The SMILES string of the molecule is Cn1c(C=NC2CCCCC2)ccc1C=NC1CCCCC1.[Cl][Fe][Cl]. The Kier molecular flexibility index (Phi) is 10.2. The third-order valence-corrected chi connectivity index (χ3v) is 5.18. The maximum absolute atomic E-state index is 4.79. The third kappa shape index (κ3) is 7.46. The summed E-state index contributed by atoms with van der Waals surface area (Å²) in [6.07, 6.45) is 17.3. The minimum atomic E-state index is 0.194. The molecule has 0 saturated heterocycles. The van der Waals surface area contributed by atoms with Crippen molar-refractivity contribution in [2.75, 3.05) is 0 Å². The van der Waals surface area contributed by atoms with Gasteiger partial charge in [-0.05, 0) is 37.8 Å². The van der Waals surface area contributed by atoms with E-state index in [1.807, 2.05) is 0 Å². The number of rotatable bonds is 4. The number of hydrogen-bond donors (Lipinski definition) is 0. The molecule has 1 aromatic rings. The summed E-state index contributed by atoms with van der Waals surface area (Å²) in [7, 11) is 11.6. The van der Waals surface area contributed by atoms with E-state index < -0.39 is 0 Å². The van der Waals surface area contributed by atoms with Crippen LogP contribution in [-0.2, 0) is 20.2 Å².